The summed E-state index contributed by atoms with van der Waals surface area (Å²) in [5.74, 6) is 0.676. The van der Waals surface area contributed by atoms with Crippen LogP contribution < -0.4 is 0 Å². The Morgan fingerprint density at radius 3 is 3.00 bits per heavy atom. The van der Waals surface area contributed by atoms with Gasteiger partial charge in [-0.1, -0.05) is 27.5 Å². The molecule has 0 bridgehead atoms. The second kappa shape index (κ2) is 5.98. The third-order valence-electron chi connectivity index (χ3n) is 3.82. The molecule has 1 aromatic heterocycles. The van der Waals surface area contributed by atoms with Crippen molar-refractivity contribution >= 4 is 33.5 Å². The minimum Gasteiger partial charge on any atom is -0.480 e. The van der Waals surface area contributed by atoms with Crippen LogP contribution in [0.15, 0.2) is 22.7 Å². The van der Waals surface area contributed by atoms with Crippen LogP contribution in [-0.4, -0.2) is 36.8 Å². The number of aliphatic carboxylic acids is 1. The van der Waals surface area contributed by atoms with E-state index in [2.05, 4.69) is 26.1 Å². The van der Waals surface area contributed by atoms with Gasteiger partial charge in [-0.3, -0.25) is 9.69 Å². The fourth-order valence-electron chi connectivity index (χ4n) is 2.64. The van der Waals surface area contributed by atoms with Gasteiger partial charge in [0, 0.05) is 16.0 Å². The van der Waals surface area contributed by atoms with Crippen molar-refractivity contribution in [1.29, 1.82) is 0 Å². The molecule has 1 aliphatic heterocycles. The molecule has 2 aromatic rings. The van der Waals surface area contributed by atoms with Gasteiger partial charge in [0.1, 0.15) is 17.7 Å². The molecular formula is C14H14BrClN4O2. The average molecular weight is 386 g/mol. The highest BCUT2D eigenvalue weighted by Crippen LogP contribution is 2.26. The van der Waals surface area contributed by atoms with E-state index in [1.54, 1.807) is 6.07 Å². The Kier molecular flexibility index (Phi) is 4.20. The van der Waals surface area contributed by atoms with Crippen LogP contribution in [0, 0.1) is 6.92 Å². The predicted octanol–water partition coefficient (Wildman–Crippen LogP) is 2.47. The number of halogens is 2. The Balaban J connectivity index is 1.91. The second-order valence-electron chi connectivity index (χ2n) is 5.27. The Morgan fingerprint density at radius 2 is 2.27 bits per heavy atom. The molecule has 0 fully saturated rings. The standard InChI is InChI=1S/C14H14BrClN4O2/c1-8-17-18-13-7-19(12(14(21)22)6-20(8)13)5-9-4-10(16)2-3-11(9)15/h2-4,12H,5-7H2,1H3,(H,21,22). The third kappa shape index (κ3) is 2.88. The highest BCUT2D eigenvalue weighted by molar-refractivity contribution is 9.10. The molecule has 116 valence electrons. The topological polar surface area (TPSA) is 71.2 Å². The van der Waals surface area contributed by atoms with Crippen LogP contribution >= 0.6 is 27.5 Å². The molecule has 0 saturated heterocycles. The molecule has 0 amide bonds. The van der Waals surface area contributed by atoms with Gasteiger partial charge >= 0.3 is 5.97 Å². The number of hydrogen-bond donors (Lipinski definition) is 1. The number of rotatable bonds is 3. The van der Waals surface area contributed by atoms with Crippen LogP contribution in [0.4, 0.5) is 0 Å². The van der Waals surface area contributed by atoms with Gasteiger partial charge in [0.2, 0.25) is 0 Å². The van der Waals surface area contributed by atoms with Gasteiger partial charge in [-0.2, -0.15) is 0 Å². The second-order valence-corrected chi connectivity index (χ2v) is 6.56. The first kappa shape index (κ1) is 15.5. The molecule has 3 rings (SSSR count). The zero-order valence-corrected chi connectivity index (χ0v) is 14.2. The van der Waals surface area contributed by atoms with Crippen LogP contribution in [0.2, 0.25) is 5.02 Å². The summed E-state index contributed by atoms with van der Waals surface area (Å²) in [5, 5.41) is 18.3. The van der Waals surface area contributed by atoms with Crippen LogP contribution in [-0.2, 0) is 24.4 Å². The Morgan fingerprint density at radius 1 is 1.50 bits per heavy atom. The largest absolute Gasteiger partial charge is 0.480 e. The first-order valence-corrected chi connectivity index (χ1v) is 7.92. The lowest BCUT2D eigenvalue weighted by Crippen LogP contribution is -2.47. The summed E-state index contributed by atoms with van der Waals surface area (Å²) >= 11 is 9.52. The molecule has 2 heterocycles. The fraction of sp³-hybridized carbons (Fsp3) is 0.357. The van der Waals surface area contributed by atoms with Gasteiger partial charge in [0.05, 0.1) is 13.1 Å². The normalized spacial score (nSPS) is 18.2. The van der Waals surface area contributed by atoms with Crippen LogP contribution in [0.1, 0.15) is 17.2 Å². The maximum atomic E-state index is 11.6. The summed E-state index contributed by atoms with van der Waals surface area (Å²) < 4.78 is 2.77. The van der Waals surface area contributed by atoms with Gasteiger partial charge in [-0.25, -0.2) is 0 Å². The van der Waals surface area contributed by atoms with Crippen LogP contribution in [0.5, 0.6) is 0 Å². The minimum atomic E-state index is -0.850. The van der Waals surface area contributed by atoms with Gasteiger partial charge in [0.15, 0.2) is 0 Å². The molecule has 1 unspecified atom stereocenters. The number of aromatic nitrogens is 3. The molecule has 0 radical (unpaired) electrons. The van der Waals surface area contributed by atoms with E-state index in [-0.39, 0.29) is 0 Å². The molecule has 1 atom stereocenters. The number of carboxylic acid groups (broad SMARTS) is 1. The van der Waals surface area contributed by atoms with E-state index >= 15 is 0 Å². The maximum absolute atomic E-state index is 11.6. The summed E-state index contributed by atoms with van der Waals surface area (Å²) in [6.45, 7) is 3.10. The lowest BCUT2D eigenvalue weighted by molar-refractivity contribution is -0.145. The molecule has 6 nitrogen and oxygen atoms in total. The van der Waals surface area contributed by atoms with E-state index in [1.807, 2.05) is 28.5 Å². The summed E-state index contributed by atoms with van der Waals surface area (Å²) in [4.78, 5) is 13.5. The number of nitrogens with zero attached hydrogens (tertiary/aromatic N) is 4. The number of carbonyl (C=O) groups is 1. The molecule has 1 aliphatic rings. The van der Waals surface area contributed by atoms with Crippen molar-refractivity contribution in [2.75, 3.05) is 0 Å². The summed E-state index contributed by atoms with van der Waals surface area (Å²) in [6, 6.07) is 4.88. The molecular weight excluding hydrogens is 372 g/mol. The molecule has 1 aromatic carbocycles. The Labute approximate surface area is 140 Å². The average Bonchev–Trinajstić information content (AvgIpc) is 2.83. The van der Waals surface area contributed by atoms with E-state index in [0.29, 0.717) is 24.7 Å². The Bertz CT molecular complexity index is 734. The van der Waals surface area contributed by atoms with Gasteiger partial charge < -0.3 is 9.67 Å². The summed E-state index contributed by atoms with van der Waals surface area (Å²) in [5.41, 5.74) is 0.948. The molecule has 0 spiro atoms. The quantitative estimate of drug-likeness (QED) is 0.879. The molecule has 1 N–H and O–H groups in total. The van der Waals surface area contributed by atoms with E-state index in [1.165, 1.54) is 0 Å². The summed E-state index contributed by atoms with van der Waals surface area (Å²) in [6.07, 6.45) is 0. The van der Waals surface area contributed by atoms with Gasteiger partial charge in [-0.05, 0) is 30.7 Å². The van der Waals surface area contributed by atoms with Gasteiger partial charge in [-0.15, -0.1) is 10.2 Å². The summed E-state index contributed by atoms with van der Waals surface area (Å²) in [7, 11) is 0. The van der Waals surface area contributed by atoms with Crippen molar-refractivity contribution in [3.05, 3.63) is 44.9 Å². The maximum Gasteiger partial charge on any atom is 0.322 e. The third-order valence-corrected chi connectivity index (χ3v) is 4.83. The number of carboxylic acids is 1. The van der Waals surface area contributed by atoms with E-state index in [4.69, 9.17) is 11.6 Å². The number of hydrogen-bond acceptors (Lipinski definition) is 4. The smallest absolute Gasteiger partial charge is 0.322 e. The van der Waals surface area contributed by atoms with E-state index in [9.17, 15) is 9.90 Å². The highest BCUT2D eigenvalue weighted by atomic mass is 79.9. The first-order valence-electron chi connectivity index (χ1n) is 6.75. The SMILES string of the molecule is Cc1nnc2n1CC(C(=O)O)N(Cc1cc(Cl)ccc1Br)C2. The number of fused-ring (bicyclic) bond motifs is 1. The van der Waals surface area contributed by atoms with E-state index in [0.717, 1.165) is 21.7 Å². The predicted molar refractivity (Wildman–Crippen MR) is 84.6 cm³/mol. The molecule has 8 heteroatoms. The van der Waals surface area contributed by atoms with E-state index < -0.39 is 12.0 Å². The highest BCUT2D eigenvalue weighted by Gasteiger charge is 2.33. The van der Waals surface area contributed by atoms with Crippen LogP contribution in [0.25, 0.3) is 0 Å². The number of aryl methyl sites for hydroxylation is 1. The molecule has 0 saturated carbocycles. The first-order chi connectivity index (χ1) is 10.5. The van der Waals surface area contributed by atoms with Crippen molar-refractivity contribution in [2.24, 2.45) is 0 Å². The van der Waals surface area contributed by atoms with Crippen molar-refractivity contribution < 1.29 is 9.90 Å². The number of benzene rings is 1. The monoisotopic (exact) mass is 384 g/mol. The zero-order chi connectivity index (χ0) is 15.9. The van der Waals surface area contributed by atoms with Crippen molar-refractivity contribution in [1.82, 2.24) is 19.7 Å². The van der Waals surface area contributed by atoms with Crippen molar-refractivity contribution in [2.45, 2.75) is 32.6 Å². The lowest BCUT2D eigenvalue weighted by Gasteiger charge is -2.33. The molecule has 22 heavy (non-hydrogen) atoms. The fourth-order valence-corrected chi connectivity index (χ4v) is 3.21. The van der Waals surface area contributed by atoms with Gasteiger partial charge in [0.25, 0.3) is 0 Å². The lowest BCUT2D eigenvalue weighted by atomic mass is 10.1. The zero-order valence-electron chi connectivity index (χ0n) is 11.8. The minimum absolute atomic E-state index is 0.349. The van der Waals surface area contributed by atoms with Crippen LogP contribution in [0.3, 0.4) is 0 Å². The van der Waals surface area contributed by atoms with Crippen molar-refractivity contribution in [3.63, 3.8) is 0 Å². The molecule has 0 aliphatic carbocycles. The Hall–Kier alpha value is -1.44. The van der Waals surface area contributed by atoms with Crippen molar-refractivity contribution in [3.8, 4) is 0 Å².